The first-order valence-corrected chi connectivity index (χ1v) is 11.3. The summed E-state index contributed by atoms with van der Waals surface area (Å²) in [6.45, 7) is 9.32. The van der Waals surface area contributed by atoms with Crippen LogP contribution in [0, 0.1) is 18.7 Å². The lowest BCUT2D eigenvalue weighted by Crippen LogP contribution is -2.46. The third kappa shape index (κ3) is 6.79. The first-order valence-electron chi connectivity index (χ1n) is 11.3. The number of likely N-dealkylation sites (tertiary alicyclic amines) is 1. The highest BCUT2D eigenvalue weighted by Gasteiger charge is 2.27. The number of piperidine rings is 1. The lowest BCUT2D eigenvalue weighted by molar-refractivity contribution is -0.134. The SMILES string of the molecule is Cc1cc(F)ccc1CN(C(=O)Cc1ccc(OCC(C)C)cc1)C1CCN(C)CC1. The molecule has 0 spiro atoms. The molecule has 1 aliphatic rings. The predicted molar refractivity (Wildman–Crippen MR) is 123 cm³/mol. The summed E-state index contributed by atoms with van der Waals surface area (Å²) in [5.41, 5.74) is 2.87. The summed E-state index contributed by atoms with van der Waals surface area (Å²) in [6.07, 6.45) is 2.28. The van der Waals surface area contributed by atoms with E-state index in [2.05, 4.69) is 25.8 Å². The molecule has 1 saturated heterocycles. The van der Waals surface area contributed by atoms with E-state index in [4.69, 9.17) is 4.74 Å². The van der Waals surface area contributed by atoms with Crippen molar-refractivity contribution in [2.45, 2.75) is 52.6 Å². The van der Waals surface area contributed by atoms with Crippen LogP contribution in [0.2, 0.25) is 0 Å². The van der Waals surface area contributed by atoms with Crippen LogP contribution in [0.15, 0.2) is 42.5 Å². The molecule has 1 heterocycles. The maximum absolute atomic E-state index is 13.6. The molecule has 0 atom stereocenters. The normalized spacial score (nSPS) is 15.3. The smallest absolute Gasteiger partial charge is 0.227 e. The summed E-state index contributed by atoms with van der Waals surface area (Å²) in [5, 5.41) is 0. The van der Waals surface area contributed by atoms with E-state index in [1.165, 1.54) is 6.07 Å². The van der Waals surface area contributed by atoms with Crippen LogP contribution in [0.25, 0.3) is 0 Å². The fraction of sp³-hybridized carbons (Fsp3) is 0.500. The van der Waals surface area contributed by atoms with Gasteiger partial charge in [-0.2, -0.15) is 0 Å². The highest BCUT2D eigenvalue weighted by molar-refractivity contribution is 5.79. The second-order valence-corrected chi connectivity index (χ2v) is 9.15. The van der Waals surface area contributed by atoms with E-state index in [0.29, 0.717) is 25.5 Å². The molecule has 0 aromatic heterocycles. The molecule has 0 radical (unpaired) electrons. The molecule has 0 aliphatic carbocycles. The van der Waals surface area contributed by atoms with Crippen molar-refractivity contribution in [3.63, 3.8) is 0 Å². The van der Waals surface area contributed by atoms with Gasteiger partial charge in [-0.05, 0) is 86.8 Å². The molecule has 0 saturated carbocycles. The topological polar surface area (TPSA) is 32.8 Å². The Kier molecular flexibility index (Phi) is 8.08. The molecule has 0 unspecified atom stereocenters. The van der Waals surface area contributed by atoms with Crippen LogP contribution < -0.4 is 4.74 Å². The zero-order valence-electron chi connectivity index (χ0n) is 19.2. The molecule has 1 aliphatic heterocycles. The maximum atomic E-state index is 13.6. The van der Waals surface area contributed by atoms with E-state index in [1.807, 2.05) is 36.1 Å². The van der Waals surface area contributed by atoms with Gasteiger partial charge in [0.1, 0.15) is 11.6 Å². The number of carbonyl (C=O) groups excluding carboxylic acids is 1. The van der Waals surface area contributed by atoms with E-state index in [-0.39, 0.29) is 17.8 Å². The molecule has 2 aromatic rings. The largest absolute Gasteiger partial charge is 0.493 e. The Bertz CT molecular complexity index is 858. The number of ether oxygens (including phenoxy) is 1. The molecule has 168 valence electrons. The van der Waals surface area contributed by atoms with E-state index >= 15 is 0 Å². The van der Waals surface area contributed by atoms with Gasteiger partial charge < -0.3 is 14.5 Å². The van der Waals surface area contributed by atoms with E-state index < -0.39 is 0 Å². The lowest BCUT2D eigenvalue weighted by Gasteiger charge is -2.38. The van der Waals surface area contributed by atoms with Gasteiger partial charge in [-0.25, -0.2) is 4.39 Å². The van der Waals surface area contributed by atoms with Gasteiger partial charge in [-0.3, -0.25) is 4.79 Å². The summed E-state index contributed by atoms with van der Waals surface area (Å²) in [5.74, 6) is 1.19. The van der Waals surface area contributed by atoms with Crippen molar-refractivity contribution < 1.29 is 13.9 Å². The van der Waals surface area contributed by atoms with Crippen LogP contribution >= 0.6 is 0 Å². The van der Waals surface area contributed by atoms with Crippen LogP contribution in [0.1, 0.15) is 43.4 Å². The van der Waals surface area contributed by atoms with Gasteiger partial charge in [0, 0.05) is 12.6 Å². The minimum Gasteiger partial charge on any atom is -0.493 e. The number of carbonyl (C=O) groups is 1. The monoisotopic (exact) mass is 426 g/mol. The van der Waals surface area contributed by atoms with Crippen LogP contribution in [0.4, 0.5) is 4.39 Å². The second kappa shape index (κ2) is 10.8. The van der Waals surface area contributed by atoms with E-state index in [1.54, 1.807) is 12.1 Å². The highest BCUT2D eigenvalue weighted by Crippen LogP contribution is 2.22. The molecule has 5 heteroatoms. The average molecular weight is 427 g/mol. The average Bonchev–Trinajstić information content (AvgIpc) is 2.73. The van der Waals surface area contributed by atoms with Crippen molar-refractivity contribution >= 4 is 5.91 Å². The number of benzene rings is 2. The quantitative estimate of drug-likeness (QED) is 0.606. The summed E-state index contributed by atoms with van der Waals surface area (Å²) in [6, 6.07) is 12.9. The van der Waals surface area contributed by atoms with Crippen molar-refractivity contribution in [3.8, 4) is 5.75 Å². The lowest BCUT2D eigenvalue weighted by atomic mass is 10.00. The number of halogens is 1. The molecular weight excluding hydrogens is 391 g/mol. The minimum atomic E-state index is -0.238. The first-order chi connectivity index (χ1) is 14.8. The molecular formula is C26H35FN2O2. The van der Waals surface area contributed by atoms with Crippen molar-refractivity contribution in [3.05, 3.63) is 65.0 Å². The van der Waals surface area contributed by atoms with Crippen molar-refractivity contribution in [1.82, 2.24) is 9.80 Å². The third-order valence-electron chi connectivity index (χ3n) is 5.96. The summed E-state index contributed by atoms with van der Waals surface area (Å²) in [7, 11) is 2.12. The standard InChI is InChI=1S/C26H35FN2O2/c1-19(2)18-31-25-9-5-21(6-10-25)16-26(30)29(24-11-13-28(4)14-12-24)17-22-7-8-23(27)15-20(22)3/h5-10,15,19,24H,11-14,16-18H2,1-4H3. The van der Waals surface area contributed by atoms with Gasteiger partial charge in [-0.1, -0.05) is 32.0 Å². The molecule has 1 fully saturated rings. The van der Waals surface area contributed by atoms with Crippen molar-refractivity contribution in [2.75, 3.05) is 26.7 Å². The minimum absolute atomic E-state index is 0.120. The van der Waals surface area contributed by atoms with Gasteiger partial charge in [0.15, 0.2) is 0 Å². The Morgan fingerprint density at radius 3 is 2.45 bits per heavy atom. The second-order valence-electron chi connectivity index (χ2n) is 9.15. The Morgan fingerprint density at radius 2 is 1.84 bits per heavy atom. The van der Waals surface area contributed by atoms with Gasteiger partial charge in [-0.15, -0.1) is 0 Å². The number of amides is 1. The molecule has 0 bridgehead atoms. The maximum Gasteiger partial charge on any atom is 0.227 e. The Labute approximate surface area is 186 Å². The molecule has 4 nitrogen and oxygen atoms in total. The fourth-order valence-electron chi connectivity index (χ4n) is 3.99. The Balaban J connectivity index is 1.72. The zero-order chi connectivity index (χ0) is 22.4. The van der Waals surface area contributed by atoms with Crippen molar-refractivity contribution in [2.24, 2.45) is 5.92 Å². The number of nitrogens with zero attached hydrogens (tertiary/aromatic N) is 2. The van der Waals surface area contributed by atoms with Crippen molar-refractivity contribution in [1.29, 1.82) is 0 Å². The Hall–Kier alpha value is -2.40. The van der Waals surface area contributed by atoms with Gasteiger partial charge in [0.2, 0.25) is 5.91 Å². The number of aryl methyl sites for hydroxylation is 1. The molecule has 1 amide bonds. The highest BCUT2D eigenvalue weighted by atomic mass is 19.1. The molecule has 3 rings (SSSR count). The zero-order valence-corrected chi connectivity index (χ0v) is 19.2. The number of hydrogen-bond acceptors (Lipinski definition) is 3. The van der Waals surface area contributed by atoms with Gasteiger partial charge in [0.25, 0.3) is 0 Å². The number of hydrogen-bond donors (Lipinski definition) is 0. The van der Waals surface area contributed by atoms with Crippen LogP contribution in [-0.4, -0.2) is 48.5 Å². The van der Waals surface area contributed by atoms with E-state index in [9.17, 15) is 9.18 Å². The fourth-order valence-corrected chi connectivity index (χ4v) is 3.99. The summed E-state index contributed by atoms with van der Waals surface area (Å²) < 4.78 is 19.3. The third-order valence-corrected chi connectivity index (χ3v) is 5.96. The van der Waals surface area contributed by atoms with Crippen LogP contribution in [0.3, 0.4) is 0 Å². The van der Waals surface area contributed by atoms with Gasteiger partial charge in [0.05, 0.1) is 13.0 Å². The summed E-state index contributed by atoms with van der Waals surface area (Å²) >= 11 is 0. The van der Waals surface area contributed by atoms with E-state index in [0.717, 1.165) is 48.4 Å². The predicted octanol–water partition coefficient (Wildman–Crippen LogP) is 4.83. The first kappa shape index (κ1) is 23.3. The Morgan fingerprint density at radius 1 is 1.16 bits per heavy atom. The van der Waals surface area contributed by atoms with Crippen LogP contribution in [0.5, 0.6) is 5.75 Å². The molecule has 0 N–H and O–H groups in total. The molecule has 31 heavy (non-hydrogen) atoms. The molecule has 2 aromatic carbocycles. The summed E-state index contributed by atoms with van der Waals surface area (Å²) in [4.78, 5) is 17.7. The number of rotatable bonds is 8. The van der Waals surface area contributed by atoms with Gasteiger partial charge >= 0.3 is 0 Å². The van der Waals surface area contributed by atoms with Crippen LogP contribution in [-0.2, 0) is 17.8 Å².